The Labute approximate surface area is 126 Å². The van der Waals surface area contributed by atoms with E-state index in [1.807, 2.05) is 5.38 Å². The molecular weight excluding hydrogens is 292 g/mol. The van der Waals surface area contributed by atoms with Crippen LogP contribution in [0.3, 0.4) is 0 Å². The lowest BCUT2D eigenvalue weighted by molar-refractivity contribution is 0.491. The summed E-state index contributed by atoms with van der Waals surface area (Å²) in [7, 11) is -3.37. The summed E-state index contributed by atoms with van der Waals surface area (Å²) in [6.45, 7) is 6.30. The third-order valence-corrected chi connectivity index (χ3v) is 6.29. The fourth-order valence-electron chi connectivity index (χ4n) is 2.23. The van der Waals surface area contributed by atoms with E-state index in [0.717, 1.165) is 17.8 Å². The van der Waals surface area contributed by atoms with E-state index in [-0.39, 0.29) is 0 Å². The van der Waals surface area contributed by atoms with Gasteiger partial charge in [0, 0.05) is 18.0 Å². The average Bonchev–Trinajstić information content (AvgIpc) is 3.15. The second-order valence-electron chi connectivity index (χ2n) is 5.55. The van der Waals surface area contributed by atoms with Crippen molar-refractivity contribution in [2.75, 3.05) is 13.1 Å². The molecule has 114 valence electrons. The fraction of sp³-hybridized carbons (Fsp3) is 0.714. The summed E-state index contributed by atoms with van der Waals surface area (Å²) in [6, 6.07) is 1.71. The lowest BCUT2D eigenvalue weighted by Crippen LogP contribution is -2.29. The number of thiophene rings is 1. The molecule has 1 aromatic heterocycles. The fourth-order valence-corrected chi connectivity index (χ4v) is 4.78. The van der Waals surface area contributed by atoms with Gasteiger partial charge in [0.1, 0.15) is 0 Å². The van der Waals surface area contributed by atoms with Gasteiger partial charge < -0.3 is 5.32 Å². The van der Waals surface area contributed by atoms with Crippen molar-refractivity contribution < 1.29 is 8.42 Å². The zero-order valence-electron chi connectivity index (χ0n) is 12.2. The molecule has 6 heteroatoms. The molecule has 1 atom stereocenters. The van der Waals surface area contributed by atoms with Crippen LogP contribution in [0.4, 0.5) is 0 Å². The van der Waals surface area contributed by atoms with Crippen LogP contribution in [-0.2, 0) is 16.6 Å². The maximum absolute atomic E-state index is 12.4. The topological polar surface area (TPSA) is 58.2 Å². The Hall–Kier alpha value is -0.430. The molecule has 0 amide bonds. The SMILES string of the molecule is CCCNCc1sccc1S(=O)(=O)NCC(C)C1CC1. The van der Waals surface area contributed by atoms with Crippen LogP contribution in [0.1, 0.15) is 38.0 Å². The van der Waals surface area contributed by atoms with Crippen molar-refractivity contribution in [2.45, 2.75) is 44.6 Å². The van der Waals surface area contributed by atoms with Gasteiger partial charge in [0.2, 0.25) is 10.0 Å². The standard InChI is InChI=1S/C14H24N2O2S2/c1-3-7-15-10-13-14(6-8-19-13)20(17,18)16-9-11(2)12-4-5-12/h6,8,11-12,15-16H,3-5,7,9-10H2,1-2H3. The Morgan fingerprint density at radius 1 is 1.45 bits per heavy atom. The number of rotatable bonds is 9. The van der Waals surface area contributed by atoms with Crippen LogP contribution < -0.4 is 10.0 Å². The number of hydrogen-bond acceptors (Lipinski definition) is 4. The molecule has 1 heterocycles. The maximum Gasteiger partial charge on any atom is 0.241 e. The number of hydrogen-bond donors (Lipinski definition) is 2. The lowest BCUT2D eigenvalue weighted by Gasteiger charge is -2.12. The number of nitrogens with one attached hydrogen (secondary N) is 2. The lowest BCUT2D eigenvalue weighted by atomic mass is 10.1. The maximum atomic E-state index is 12.4. The van der Waals surface area contributed by atoms with E-state index in [0.29, 0.717) is 29.8 Å². The minimum Gasteiger partial charge on any atom is -0.312 e. The van der Waals surface area contributed by atoms with Gasteiger partial charge in [-0.3, -0.25) is 0 Å². The predicted octanol–water partition coefficient (Wildman–Crippen LogP) is 2.57. The van der Waals surface area contributed by atoms with Crippen molar-refractivity contribution in [1.82, 2.24) is 10.0 Å². The van der Waals surface area contributed by atoms with Gasteiger partial charge in [0.25, 0.3) is 0 Å². The van der Waals surface area contributed by atoms with Crippen molar-refractivity contribution in [3.8, 4) is 0 Å². The molecular formula is C14H24N2O2S2. The van der Waals surface area contributed by atoms with Crippen molar-refractivity contribution in [1.29, 1.82) is 0 Å². The van der Waals surface area contributed by atoms with E-state index in [1.165, 1.54) is 24.2 Å². The smallest absolute Gasteiger partial charge is 0.241 e. The predicted molar refractivity (Wildman–Crippen MR) is 83.4 cm³/mol. The first kappa shape index (κ1) is 15.9. The first-order valence-electron chi connectivity index (χ1n) is 7.31. The summed E-state index contributed by atoms with van der Waals surface area (Å²) in [5.41, 5.74) is 0. The molecule has 0 aliphatic heterocycles. The second-order valence-corrected chi connectivity index (χ2v) is 8.29. The molecule has 1 aliphatic rings. The van der Waals surface area contributed by atoms with Crippen molar-refractivity contribution >= 4 is 21.4 Å². The van der Waals surface area contributed by atoms with E-state index >= 15 is 0 Å². The summed E-state index contributed by atoms with van der Waals surface area (Å²) in [6.07, 6.45) is 3.53. The zero-order valence-corrected chi connectivity index (χ0v) is 13.8. The third-order valence-electron chi connectivity index (χ3n) is 3.73. The average molecular weight is 316 g/mol. The van der Waals surface area contributed by atoms with Gasteiger partial charge in [0.15, 0.2) is 0 Å². The summed E-state index contributed by atoms with van der Waals surface area (Å²) >= 11 is 1.50. The van der Waals surface area contributed by atoms with Crippen LogP contribution in [0.2, 0.25) is 0 Å². The van der Waals surface area contributed by atoms with E-state index < -0.39 is 10.0 Å². The minimum absolute atomic E-state index is 0.435. The van der Waals surface area contributed by atoms with E-state index in [2.05, 4.69) is 23.9 Å². The summed E-state index contributed by atoms with van der Waals surface area (Å²) in [5, 5.41) is 5.11. The Kier molecular flexibility index (Phi) is 5.60. The Morgan fingerprint density at radius 2 is 2.20 bits per heavy atom. The first-order chi connectivity index (χ1) is 9.54. The summed E-state index contributed by atoms with van der Waals surface area (Å²) < 4.78 is 27.5. The van der Waals surface area contributed by atoms with Gasteiger partial charge in [-0.2, -0.15) is 0 Å². The van der Waals surface area contributed by atoms with E-state index in [1.54, 1.807) is 6.07 Å². The van der Waals surface area contributed by atoms with E-state index in [9.17, 15) is 8.42 Å². The van der Waals surface area contributed by atoms with E-state index in [4.69, 9.17) is 0 Å². The second kappa shape index (κ2) is 7.02. The molecule has 1 unspecified atom stereocenters. The Balaban J connectivity index is 1.95. The highest BCUT2D eigenvalue weighted by molar-refractivity contribution is 7.89. The van der Waals surface area contributed by atoms with Gasteiger partial charge >= 0.3 is 0 Å². The molecule has 20 heavy (non-hydrogen) atoms. The number of sulfonamides is 1. The Morgan fingerprint density at radius 3 is 2.85 bits per heavy atom. The van der Waals surface area contributed by atoms with Crippen molar-refractivity contribution in [3.05, 3.63) is 16.3 Å². The third kappa shape index (κ3) is 4.28. The molecule has 0 spiro atoms. The molecule has 0 saturated heterocycles. The van der Waals surface area contributed by atoms with Crippen LogP contribution in [0.5, 0.6) is 0 Å². The van der Waals surface area contributed by atoms with Gasteiger partial charge in [-0.05, 0) is 49.1 Å². The van der Waals surface area contributed by atoms with Crippen LogP contribution in [0.15, 0.2) is 16.3 Å². The zero-order chi connectivity index (χ0) is 14.6. The van der Waals surface area contributed by atoms with Gasteiger partial charge in [-0.15, -0.1) is 11.3 Å². The summed E-state index contributed by atoms with van der Waals surface area (Å²) in [5.74, 6) is 1.15. The highest BCUT2D eigenvalue weighted by Gasteiger charge is 2.29. The van der Waals surface area contributed by atoms with Crippen molar-refractivity contribution in [3.63, 3.8) is 0 Å². The largest absolute Gasteiger partial charge is 0.312 e. The molecule has 1 aliphatic carbocycles. The molecule has 0 aromatic carbocycles. The normalized spacial score (nSPS) is 17.3. The molecule has 0 radical (unpaired) electrons. The van der Waals surface area contributed by atoms with Crippen LogP contribution in [0.25, 0.3) is 0 Å². The molecule has 2 rings (SSSR count). The quantitative estimate of drug-likeness (QED) is 0.688. The molecule has 1 fully saturated rings. The molecule has 4 nitrogen and oxygen atoms in total. The molecule has 1 saturated carbocycles. The molecule has 2 N–H and O–H groups in total. The van der Waals surface area contributed by atoms with Crippen LogP contribution in [-0.4, -0.2) is 21.5 Å². The first-order valence-corrected chi connectivity index (χ1v) is 9.67. The highest BCUT2D eigenvalue weighted by Crippen LogP contribution is 2.36. The molecule has 0 bridgehead atoms. The van der Waals surface area contributed by atoms with Gasteiger partial charge in [-0.1, -0.05) is 13.8 Å². The van der Waals surface area contributed by atoms with Crippen LogP contribution in [0, 0.1) is 11.8 Å². The van der Waals surface area contributed by atoms with Crippen molar-refractivity contribution in [2.24, 2.45) is 11.8 Å². The monoisotopic (exact) mass is 316 g/mol. The highest BCUT2D eigenvalue weighted by atomic mass is 32.2. The van der Waals surface area contributed by atoms with Crippen LogP contribution >= 0.6 is 11.3 Å². The van der Waals surface area contributed by atoms with Gasteiger partial charge in [0.05, 0.1) is 4.90 Å². The minimum atomic E-state index is -3.37. The Bertz CT molecular complexity index is 521. The summed E-state index contributed by atoms with van der Waals surface area (Å²) in [4.78, 5) is 1.33. The van der Waals surface area contributed by atoms with Gasteiger partial charge in [-0.25, -0.2) is 13.1 Å². The molecule has 1 aromatic rings.